The Morgan fingerprint density at radius 3 is 2.56 bits per heavy atom. The Bertz CT molecular complexity index is 526. The van der Waals surface area contributed by atoms with Crippen molar-refractivity contribution < 1.29 is 14.7 Å². The third kappa shape index (κ3) is 2.98. The first-order chi connectivity index (χ1) is 8.38. The van der Waals surface area contributed by atoms with E-state index < -0.39 is 23.5 Å². The Morgan fingerprint density at radius 1 is 1.50 bits per heavy atom. The van der Waals surface area contributed by atoms with E-state index >= 15 is 0 Å². The molecule has 0 aromatic carbocycles. The van der Waals surface area contributed by atoms with Gasteiger partial charge in [0.05, 0.1) is 4.60 Å². The average Bonchev–Trinajstić information content (AvgIpc) is 2.29. The molecule has 1 heterocycles. The van der Waals surface area contributed by atoms with Gasteiger partial charge in [-0.15, -0.1) is 0 Å². The fourth-order valence-electron chi connectivity index (χ4n) is 1.50. The molecule has 1 unspecified atom stereocenters. The minimum absolute atomic E-state index is 0.0758. The van der Waals surface area contributed by atoms with Crippen LogP contribution in [0, 0.1) is 0 Å². The highest BCUT2D eigenvalue weighted by molar-refractivity contribution is 9.10. The SMILES string of the molecule is CCN(C(=O)c1ccc(Br)[nH]c1=O)C(C)C(=O)O. The highest BCUT2D eigenvalue weighted by Crippen LogP contribution is 2.08. The number of carbonyl (C=O) groups excluding carboxylic acids is 1. The van der Waals surface area contributed by atoms with E-state index in [1.807, 2.05) is 0 Å². The number of halogens is 1. The Morgan fingerprint density at radius 2 is 2.11 bits per heavy atom. The molecule has 0 aliphatic heterocycles. The van der Waals surface area contributed by atoms with Crippen molar-refractivity contribution in [2.24, 2.45) is 0 Å². The van der Waals surface area contributed by atoms with Gasteiger partial charge in [0.2, 0.25) is 0 Å². The van der Waals surface area contributed by atoms with Crippen LogP contribution in [0.3, 0.4) is 0 Å². The molecule has 0 bridgehead atoms. The largest absolute Gasteiger partial charge is 0.480 e. The van der Waals surface area contributed by atoms with E-state index in [-0.39, 0.29) is 12.1 Å². The average molecular weight is 317 g/mol. The molecule has 0 spiro atoms. The van der Waals surface area contributed by atoms with Crippen LogP contribution in [-0.2, 0) is 4.79 Å². The summed E-state index contributed by atoms with van der Waals surface area (Å²) < 4.78 is 0.457. The number of hydrogen-bond acceptors (Lipinski definition) is 3. The number of rotatable bonds is 4. The van der Waals surface area contributed by atoms with Crippen LogP contribution in [0.1, 0.15) is 24.2 Å². The molecule has 18 heavy (non-hydrogen) atoms. The van der Waals surface area contributed by atoms with Gasteiger partial charge in [-0.3, -0.25) is 9.59 Å². The van der Waals surface area contributed by atoms with Gasteiger partial charge < -0.3 is 15.0 Å². The number of pyridine rings is 1. The maximum atomic E-state index is 12.1. The molecule has 0 radical (unpaired) electrons. The number of aliphatic carboxylic acids is 1. The molecule has 7 heteroatoms. The van der Waals surface area contributed by atoms with E-state index in [1.165, 1.54) is 19.1 Å². The van der Waals surface area contributed by atoms with Crippen LogP contribution in [0.5, 0.6) is 0 Å². The Labute approximate surface area is 112 Å². The molecule has 1 aromatic heterocycles. The van der Waals surface area contributed by atoms with Crippen molar-refractivity contribution >= 4 is 27.8 Å². The van der Waals surface area contributed by atoms with Crippen LogP contribution < -0.4 is 5.56 Å². The van der Waals surface area contributed by atoms with Gasteiger partial charge in [0.1, 0.15) is 11.6 Å². The predicted octanol–water partition coefficient (Wildman–Crippen LogP) is 1.07. The Hall–Kier alpha value is -1.63. The molecule has 1 amide bonds. The molecule has 2 N–H and O–H groups in total. The summed E-state index contributed by atoms with van der Waals surface area (Å²) in [5.41, 5.74) is -0.626. The van der Waals surface area contributed by atoms with Crippen molar-refractivity contribution in [2.45, 2.75) is 19.9 Å². The van der Waals surface area contributed by atoms with Crippen LogP contribution in [0.25, 0.3) is 0 Å². The zero-order valence-electron chi connectivity index (χ0n) is 9.94. The Kier molecular flexibility index (Phi) is 4.66. The van der Waals surface area contributed by atoms with Gasteiger partial charge in [0.25, 0.3) is 11.5 Å². The van der Waals surface area contributed by atoms with Crippen LogP contribution in [0.4, 0.5) is 0 Å². The van der Waals surface area contributed by atoms with Gasteiger partial charge in [0.15, 0.2) is 0 Å². The summed E-state index contributed by atoms with van der Waals surface area (Å²) in [6.45, 7) is 3.27. The second-order valence-electron chi connectivity index (χ2n) is 3.65. The first-order valence-electron chi connectivity index (χ1n) is 5.31. The normalized spacial score (nSPS) is 11.9. The van der Waals surface area contributed by atoms with Crippen molar-refractivity contribution in [3.8, 4) is 0 Å². The Balaban J connectivity index is 3.12. The van der Waals surface area contributed by atoms with Crippen molar-refractivity contribution in [3.05, 3.63) is 32.7 Å². The summed E-state index contributed by atoms with van der Waals surface area (Å²) in [4.78, 5) is 38.1. The van der Waals surface area contributed by atoms with E-state index in [0.29, 0.717) is 4.60 Å². The molecular weight excluding hydrogens is 304 g/mol. The summed E-state index contributed by atoms with van der Waals surface area (Å²) in [7, 11) is 0. The monoisotopic (exact) mass is 316 g/mol. The number of aromatic nitrogens is 1. The van der Waals surface area contributed by atoms with Crippen LogP contribution in [0.2, 0.25) is 0 Å². The first-order valence-corrected chi connectivity index (χ1v) is 6.10. The number of amides is 1. The van der Waals surface area contributed by atoms with E-state index in [1.54, 1.807) is 6.92 Å². The number of likely N-dealkylation sites (N-methyl/N-ethyl adjacent to an activating group) is 1. The third-order valence-electron chi connectivity index (χ3n) is 2.53. The molecule has 1 atom stereocenters. The maximum Gasteiger partial charge on any atom is 0.326 e. The molecule has 0 fully saturated rings. The molecule has 0 aliphatic carbocycles. The van der Waals surface area contributed by atoms with Gasteiger partial charge in [-0.25, -0.2) is 4.79 Å². The summed E-state index contributed by atoms with van der Waals surface area (Å²) >= 11 is 3.08. The number of nitrogens with one attached hydrogen (secondary N) is 1. The lowest BCUT2D eigenvalue weighted by molar-refractivity contribution is -0.141. The molecule has 1 aromatic rings. The maximum absolute atomic E-state index is 12.1. The number of carboxylic acids is 1. The van der Waals surface area contributed by atoms with Gasteiger partial charge in [0, 0.05) is 6.54 Å². The van der Waals surface area contributed by atoms with Crippen LogP contribution in [0.15, 0.2) is 21.5 Å². The number of hydrogen-bond donors (Lipinski definition) is 2. The lowest BCUT2D eigenvalue weighted by Gasteiger charge is -2.24. The van der Waals surface area contributed by atoms with E-state index in [0.717, 1.165) is 4.90 Å². The zero-order chi connectivity index (χ0) is 13.9. The summed E-state index contributed by atoms with van der Waals surface area (Å²) in [5.74, 6) is -1.71. The minimum Gasteiger partial charge on any atom is -0.480 e. The number of aromatic amines is 1. The summed E-state index contributed by atoms with van der Waals surface area (Å²) in [5, 5.41) is 8.91. The van der Waals surface area contributed by atoms with Gasteiger partial charge in [-0.1, -0.05) is 0 Å². The molecule has 98 valence electrons. The van der Waals surface area contributed by atoms with Gasteiger partial charge in [-0.05, 0) is 41.9 Å². The van der Waals surface area contributed by atoms with Gasteiger partial charge in [-0.2, -0.15) is 0 Å². The molecule has 0 saturated carbocycles. The highest BCUT2D eigenvalue weighted by Gasteiger charge is 2.26. The molecule has 6 nitrogen and oxygen atoms in total. The first kappa shape index (κ1) is 14.4. The highest BCUT2D eigenvalue weighted by atomic mass is 79.9. The standard InChI is InChI=1S/C11H13BrN2O4/c1-3-14(6(2)11(17)18)10(16)7-4-5-8(12)13-9(7)15/h4-6H,3H2,1-2H3,(H,13,15)(H,17,18). The van der Waals surface area contributed by atoms with Crippen molar-refractivity contribution in [1.82, 2.24) is 9.88 Å². The third-order valence-corrected chi connectivity index (χ3v) is 2.99. The van der Waals surface area contributed by atoms with E-state index in [4.69, 9.17) is 5.11 Å². The van der Waals surface area contributed by atoms with Crippen LogP contribution >= 0.6 is 15.9 Å². The fraction of sp³-hybridized carbons (Fsp3) is 0.364. The van der Waals surface area contributed by atoms with Gasteiger partial charge >= 0.3 is 5.97 Å². The number of carboxylic acid groups (broad SMARTS) is 1. The second-order valence-corrected chi connectivity index (χ2v) is 4.51. The summed E-state index contributed by atoms with van der Waals surface area (Å²) in [6, 6.07) is 1.90. The number of carbonyl (C=O) groups is 2. The lowest BCUT2D eigenvalue weighted by Crippen LogP contribution is -2.44. The topological polar surface area (TPSA) is 90.5 Å². The minimum atomic E-state index is -1.11. The fourth-order valence-corrected chi connectivity index (χ4v) is 1.81. The van der Waals surface area contributed by atoms with Crippen molar-refractivity contribution in [3.63, 3.8) is 0 Å². The van der Waals surface area contributed by atoms with E-state index in [2.05, 4.69) is 20.9 Å². The second kappa shape index (κ2) is 5.81. The van der Waals surface area contributed by atoms with Crippen molar-refractivity contribution in [2.75, 3.05) is 6.54 Å². The molecular formula is C11H13BrN2O4. The number of H-pyrrole nitrogens is 1. The van der Waals surface area contributed by atoms with Crippen LogP contribution in [-0.4, -0.2) is 39.5 Å². The lowest BCUT2D eigenvalue weighted by atomic mass is 10.2. The molecule has 0 saturated heterocycles. The van der Waals surface area contributed by atoms with Crippen molar-refractivity contribution in [1.29, 1.82) is 0 Å². The molecule has 1 rings (SSSR count). The smallest absolute Gasteiger partial charge is 0.326 e. The predicted molar refractivity (Wildman–Crippen MR) is 68.6 cm³/mol. The quantitative estimate of drug-likeness (QED) is 0.813. The summed E-state index contributed by atoms with van der Waals surface area (Å²) in [6.07, 6.45) is 0. The van der Waals surface area contributed by atoms with E-state index in [9.17, 15) is 14.4 Å². The zero-order valence-corrected chi connectivity index (χ0v) is 11.5. The molecule has 0 aliphatic rings. The number of nitrogens with zero attached hydrogens (tertiary/aromatic N) is 1.